The van der Waals surface area contributed by atoms with Crippen molar-refractivity contribution in [2.45, 2.75) is 6.10 Å². The lowest BCUT2D eigenvalue weighted by molar-refractivity contribution is 0.111. The summed E-state index contributed by atoms with van der Waals surface area (Å²) >= 11 is 5.55. The average molecular weight is 225 g/mol. The molecule has 1 unspecified atom stereocenters. The van der Waals surface area contributed by atoms with Crippen LogP contribution in [0.3, 0.4) is 0 Å². The number of aromatic nitrogens is 2. The highest BCUT2D eigenvalue weighted by atomic mass is 35.5. The number of nitrogens with zero attached hydrogens (tertiary/aromatic N) is 2. The van der Waals surface area contributed by atoms with E-state index in [4.69, 9.17) is 20.8 Å². The Balaban J connectivity index is 2.33. The summed E-state index contributed by atoms with van der Waals surface area (Å²) in [5, 5.41) is 7.39. The first kappa shape index (κ1) is 10.1. The molecule has 0 spiro atoms. The van der Waals surface area contributed by atoms with Crippen molar-refractivity contribution in [2.75, 3.05) is 7.11 Å². The van der Waals surface area contributed by atoms with Crippen LogP contribution in [0.5, 0.6) is 0 Å². The highest BCUT2D eigenvalue weighted by Crippen LogP contribution is 2.24. The molecule has 15 heavy (non-hydrogen) atoms. The molecule has 5 heteroatoms. The second kappa shape index (κ2) is 4.42. The predicted octanol–water partition coefficient (Wildman–Crippen LogP) is 2.46. The standard InChI is InChI=1S/C10H9ClN2O2/c1-14-8(7-5-3-2-4-6-7)9-12-13-10(11)15-9/h2-6,8H,1H3. The summed E-state index contributed by atoms with van der Waals surface area (Å²) in [5.41, 5.74) is 0.945. The first-order valence-corrected chi connectivity index (χ1v) is 4.75. The van der Waals surface area contributed by atoms with Gasteiger partial charge in [0.1, 0.15) is 0 Å². The van der Waals surface area contributed by atoms with Crippen LogP contribution in [0.2, 0.25) is 5.35 Å². The molecule has 1 aromatic heterocycles. The maximum absolute atomic E-state index is 5.55. The van der Waals surface area contributed by atoms with E-state index in [0.717, 1.165) is 5.56 Å². The van der Waals surface area contributed by atoms with Crippen molar-refractivity contribution in [1.29, 1.82) is 0 Å². The van der Waals surface area contributed by atoms with E-state index in [-0.39, 0.29) is 11.5 Å². The first-order valence-electron chi connectivity index (χ1n) is 4.38. The van der Waals surface area contributed by atoms with Crippen LogP contribution in [-0.2, 0) is 4.74 Å². The van der Waals surface area contributed by atoms with E-state index in [1.165, 1.54) is 0 Å². The van der Waals surface area contributed by atoms with Gasteiger partial charge in [0.25, 0.3) is 5.89 Å². The first-order chi connectivity index (χ1) is 7.31. The maximum atomic E-state index is 5.55. The van der Waals surface area contributed by atoms with Gasteiger partial charge in [-0.15, -0.1) is 5.10 Å². The van der Waals surface area contributed by atoms with Crippen LogP contribution in [0.4, 0.5) is 0 Å². The molecule has 2 aromatic rings. The molecule has 0 aliphatic carbocycles. The minimum atomic E-state index is -0.369. The summed E-state index contributed by atoms with van der Waals surface area (Å²) in [4.78, 5) is 0. The van der Waals surface area contributed by atoms with Gasteiger partial charge in [0.15, 0.2) is 6.10 Å². The van der Waals surface area contributed by atoms with Crippen molar-refractivity contribution in [2.24, 2.45) is 0 Å². The summed E-state index contributed by atoms with van der Waals surface area (Å²) in [6.45, 7) is 0. The number of benzene rings is 1. The minimum absolute atomic E-state index is 0.0166. The van der Waals surface area contributed by atoms with Gasteiger partial charge in [-0.25, -0.2) is 0 Å². The van der Waals surface area contributed by atoms with Crippen LogP contribution in [0.1, 0.15) is 17.6 Å². The molecule has 2 rings (SSSR count). The Morgan fingerprint density at radius 1 is 1.27 bits per heavy atom. The van der Waals surface area contributed by atoms with E-state index < -0.39 is 0 Å². The fraction of sp³-hybridized carbons (Fsp3) is 0.200. The Morgan fingerprint density at radius 2 is 2.00 bits per heavy atom. The van der Waals surface area contributed by atoms with E-state index in [9.17, 15) is 0 Å². The number of hydrogen-bond donors (Lipinski definition) is 0. The lowest BCUT2D eigenvalue weighted by Crippen LogP contribution is -2.03. The second-order valence-corrected chi connectivity index (χ2v) is 3.24. The molecule has 4 nitrogen and oxygen atoms in total. The van der Waals surface area contributed by atoms with E-state index in [0.29, 0.717) is 5.89 Å². The molecule has 0 radical (unpaired) electrons. The normalized spacial score (nSPS) is 12.7. The molecule has 1 heterocycles. The van der Waals surface area contributed by atoms with Crippen molar-refractivity contribution >= 4 is 11.6 Å². The van der Waals surface area contributed by atoms with E-state index in [2.05, 4.69) is 10.2 Å². The highest BCUT2D eigenvalue weighted by Gasteiger charge is 2.19. The van der Waals surface area contributed by atoms with E-state index >= 15 is 0 Å². The molecule has 0 aliphatic rings. The van der Waals surface area contributed by atoms with Crippen LogP contribution in [-0.4, -0.2) is 17.3 Å². The summed E-state index contributed by atoms with van der Waals surface area (Å²) in [7, 11) is 1.58. The number of ether oxygens (including phenoxy) is 1. The quantitative estimate of drug-likeness (QED) is 0.804. The topological polar surface area (TPSA) is 48.2 Å². The third kappa shape index (κ3) is 2.16. The molecule has 0 amide bonds. The van der Waals surface area contributed by atoms with Gasteiger partial charge < -0.3 is 9.15 Å². The van der Waals surface area contributed by atoms with Gasteiger partial charge in [0.05, 0.1) is 0 Å². The molecular weight excluding hydrogens is 216 g/mol. The lowest BCUT2D eigenvalue weighted by Gasteiger charge is -2.10. The van der Waals surface area contributed by atoms with Crippen molar-refractivity contribution in [3.63, 3.8) is 0 Å². The SMILES string of the molecule is COC(c1ccccc1)c1nnc(Cl)o1. The monoisotopic (exact) mass is 224 g/mol. The van der Waals surface area contributed by atoms with Gasteiger partial charge in [-0.05, 0) is 17.2 Å². The van der Waals surface area contributed by atoms with E-state index in [1.54, 1.807) is 7.11 Å². The van der Waals surface area contributed by atoms with Crippen LogP contribution in [0.25, 0.3) is 0 Å². The zero-order valence-corrected chi connectivity index (χ0v) is 8.81. The molecular formula is C10H9ClN2O2. The van der Waals surface area contributed by atoms with Crippen molar-refractivity contribution in [3.05, 3.63) is 47.1 Å². The summed E-state index contributed by atoms with van der Waals surface area (Å²) < 4.78 is 10.4. The van der Waals surface area contributed by atoms with Gasteiger partial charge in [-0.1, -0.05) is 35.4 Å². The fourth-order valence-corrected chi connectivity index (χ4v) is 1.45. The van der Waals surface area contributed by atoms with Crippen molar-refractivity contribution in [3.8, 4) is 0 Å². The van der Waals surface area contributed by atoms with Crippen molar-refractivity contribution in [1.82, 2.24) is 10.2 Å². The Bertz CT molecular complexity index is 430. The van der Waals surface area contributed by atoms with Gasteiger partial charge in [0.2, 0.25) is 0 Å². The second-order valence-electron chi connectivity index (χ2n) is 2.92. The van der Waals surface area contributed by atoms with Crippen LogP contribution < -0.4 is 0 Å². The molecule has 1 atom stereocenters. The fourth-order valence-electron chi connectivity index (χ4n) is 1.33. The Morgan fingerprint density at radius 3 is 2.53 bits per heavy atom. The molecule has 1 aromatic carbocycles. The zero-order valence-electron chi connectivity index (χ0n) is 8.05. The molecule has 0 bridgehead atoms. The number of hydrogen-bond acceptors (Lipinski definition) is 4. The molecule has 0 fully saturated rings. The Kier molecular flexibility index (Phi) is 2.99. The minimum Gasteiger partial charge on any atom is -0.409 e. The molecule has 0 saturated carbocycles. The summed E-state index contributed by atoms with van der Waals surface area (Å²) in [6.07, 6.45) is -0.369. The third-order valence-electron chi connectivity index (χ3n) is 1.98. The Labute approximate surface area is 91.8 Å². The molecule has 78 valence electrons. The summed E-state index contributed by atoms with van der Waals surface area (Å²) in [6, 6.07) is 9.61. The van der Waals surface area contributed by atoms with Gasteiger partial charge in [-0.2, -0.15) is 0 Å². The average Bonchev–Trinajstić information content (AvgIpc) is 2.68. The Hall–Kier alpha value is -1.39. The van der Waals surface area contributed by atoms with Gasteiger partial charge >= 0.3 is 5.35 Å². The van der Waals surface area contributed by atoms with Gasteiger partial charge in [0, 0.05) is 7.11 Å². The van der Waals surface area contributed by atoms with Crippen LogP contribution in [0.15, 0.2) is 34.7 Å². The highest BCUT2D eigenvalue weighted by molar-refractivity contribution is 6.27. The van der Waals surface area contributed by atoms with Crippen LogP contribution >= 0.6 is 11.6 Å². The third-order valence-corrected chi connectivity index (χ3v) is 2.13. The maximum Gasteiger partial charge on any atom is 0.312 e. The zero-order chi connectivity index (χ0) is 10.7. The van der Waals surface area contributed by atoms with Gasteiger partial charge in [-0.3, -0.25) is 0 Å². The smallest absolute Gasteiger partial charge is 0.312 e. The number of halogens is 1. The lowest BCUT2D eigenvalue weighted by atomic mass is 10.1. The van der Waals surface area contributed by atoms with Crippen LogP contribution in [0, 0.1) is 0 Å². The van der Waals surface area contributed by atoms with Crippen molar-refractivity contribution < 1.29 is 9.15 Å². The summed E-state index contributed by atoms with van der Waals surface area (Å²) in [5.74, 6) is 0.355. The predicted molar refractivity (Wildman–Crippen MR) is 54.6 cm³/mol. The number of rotatable bonds is 3. The molecule has 0 aliphatic heterocycles. The van der Waals surface area contributed by atoms with E-state index in [1.807, 2.05) is 30.3 Å². The number of methoxy groups -OCH3 is 1. The largest absolute Gasteiger partial charge is 0.409 e. The molecule has 0 saturated heterocycles. The molecule has 0 N–H and O–H groups in total.